The van der Waals surface area contributed by atoms with Crippen molar-refractivity contribution >= 4 is 23.0 Å². The van der Waals surface area contributed by atoms with E-state index in [4.69, 9.17) is 0 Å². The first-order valence-corrected chi connectivity index (χ1v) is 10.3. The van der Waals surface area contributed by atoms with E-state index in [-0.39, 0.29) is 0 Å². The second-order valence-electron chi connectivity index (χ2n) is 6.93. The van der Waals surface area contributed by atoms with Crippen molar-refractivity contribution in [3.63, 3.8) is 0 Å². The van der Waals surface area contributed by atoms with Gasteiger partial charge in [0.1, 0.15) is 6.07 Å². The van der Waals surface area contributed by atoms with Crippen molar-refractivity contribution in [3.8, 4) is 6.07 Å². The summed E-state index contributed by atoms with van der Waals surface area (Å²) in [7, 11) is 1.82. The number of nitrogens with zero attached hydrogens (tertiary/aromatic N) is 3. The Labute approximate surface area is 165 Å². The molecule has 1 aromatic carbocycles. The Hall–Kier alpha value is -2.52. The molecule has 0 saturated carbocycles. The summed E-state index contributed by atoms with van der Waals surface area (Å²) in [6.45, 7) is 4.94. The molecule has 2 atom stereocenters. The van der Waals surface area contributed by atoms with Gasteiger partial charge in [-0.3, -0.25) is 4.99 Å². The summed E-state index contributed by atoms with van der Waals surface area (Å²) in [5.74, 6) is 1.30. The average Bonchev–Trinajstić information content (AvgIpc) is 3.26. The highest BCUT2D eigenvalue weighted by Crippen LogP contribution is 2.24. The van der Waals surface area contributed by atoms with Crippen molar-refractivity contribution in [1.82, 2.24) is 10.6 Å². The Bertz CT molecular complexity index is 793. The van der Waals surface area contributed by atoms with Gasteiger partial charge >= 0.3 is 0 Å². The normalized spacial score (nSPS) is 18.6. The lowest BCUT2D eigenvalue weighted by molar-refractivity contribution is 0.467. The van der Waals surface area contributed by atoms with Gasteiger partial charge in [0.25, 0.3) is 0 Å². The van der Waals surface area contributed by atoms with Gasteiger partial charge in [-0.2, -0.15) is 5.26 Å². The summed E-state index contributed by atoms with van der Waals surface area (Å²) in [6, 6.07) is 14.7. The molecule has 2 heterocycles. The molecular weight excluding hydrogens is 354 g/mol. The van der Waals surface area contributed by atoms with Crippen LogP contribution in [0.4, 0.5) is 5.69 Å². The number of piperidine rings is 1. The SMILES string of the molecule is CN=C(NCC(C)c1cccs1)NC1CCCN(c2ccccc2C#N)C1. The molecule has 0 amide bonds. The topological polar surface area (TPSA) is 63.5 Å². The van der Waals surface area contributed by atoms with E-state index in [2.05, 4.69) is 51.0 Å². The van der Waals surface area contributed by atoms with Gasteiger partial charge in [0.05, 0.1) is 11.3 Å². The van der Waals surface area contributed by atoms with E-state index in [1.807, 2.05) is 31.3 Å². The Morgan fingerprint density at radius 3 is 2.96 bits per heavy atom. The van der Waals surface area contributed by atoms with Crippen LogP contribution in [0.1, 0.15) is 36.1 Å². The second-order valence-corrected chi connectivity index (χ2v) is 7.91. The summed E-state index contributed by atoms with van der Waals surface area (Å²) < 4.78 is 0. The molecule has 142 valence electrons. The van der Waals surface area contributed by atoms with Crippen LogP contribution in [-0.2, 0) is 0 Å². The number of benzene rings is 1. The fourth-order valence-electron chi connectivity index (χ4n) is 3.47. The van der Waals surface area contributed by atoms with Crippen LogP contribution in [0, 0.1) is 11.3 Å². The van der Waals surface area contributed by atoms with E-state index in [0.29, 0.717) is 12.0 Å². The number of guanidine groups is 1. The molecule has 6 heteroatoms. The minimum atomic E-state index is 0.314. The second kappa shape index (κ2) is 9.43. The monoisotopic (exact) mass is 381 g/mol. The Morgan fingerprint density at radius 1 is 1.37 bits per heavy atom. The number of nitriles is 1. The third-order valence-corrected chi connectivity index (χ3v) is 6.06. The fraction of sp³-hybridized carbons (Fsp3) is 0.429. The lowest BCUT2D eigenvalue weighted by Gasteiger charge is -2.36. The number of aliphatic imine (C=N–C) groups is 1. The van der Waals surface area contributed by atoms with E-state index in [9.17, 15) is 5.26 Å². The molecule has 5 nitrogen and oxygen atoms in total. The van der Waals surface area contributed by atoms with Crippen molar-refractivity contribution in [2.24, 2.45) is 4.99 Å². The lowest BCUT2D eigenvalue weighted by atomic mass is 10.0. The van der Waals surface area contributed by atoms with Crippen LogP contribution in [0.5, 0.6) is 0 Å². The molecule has 1 aliphatic rings. The van der Waals surface area contributed by atoms with Crippen LogP contribution >= 0.6 is 11.3 Å². The number of anilines is 1. The molecule has 2 N–H and O–H groups in total. The standard InChI is InChI=1S/C21H27N5S/c1-16(20-10-6-12-27-20)14-24-21(23-2)25-18-8-5-11-26(15-18)19-9-4-3-7-17(19)13-22/h3-4,6-7,9-10,12,16,18H,5,8,11,14-15H2,1-2H3,(H2,23,24,25). The maximum absolute atomic E-state index is 9.38. The van der Waals surface area contributed by atoms with Gasteiger partial charge in [-0.1, -0.05) is 25.1 Å². The van der Waals surface area contributed by atoms with Gasteiger partial charge in [0.2, 0.25) is 0 Å². The van der Waals surface area contributed by atoms with Gasteiger partial charge in [0.15, 0.2) is 5.96 Å². The average molecular weight is 382 g/mol. The third-order valence-electron chi connectivity index (χ3n) is 4.96. The number of hydrogen-bond acceptors (Lipinski definition) is 4. The van der Waals surface area contributed by atoms with E-state index in [0.717, 1.165) is 49.7 Å². The van der Waals surface area contributed by atoms with Crippen molar-refractivity contribution in [3.05, 3.63) is 52.2 Å². The number of hydrogen-bond donors (Lipinski definition) is 2. The Balaban J connectivity index is 1.57. The highest BCUT2D eigenvalue weighted by Gasteiger charge is 2.22. The quantitative estimate of drug-likeness (QED) is 0.614. The number of rotatable bonds is 5. The first-order valence-electron chi connectivity index (χ1n) is 9.46. The Kier molecular flexibility index (Phi) is 6.72. The zero-order valence-electron chi connectivity index (χ0n) is 16.0. The molecular formula is C21H27N5S. The minimum absolute atomic E-state index is 0.314. The summed E-state index contributed by atoms with van der Waals surface area (Å²) >= 11 is 1.79. The van der Waals surface area contributed by atoms with Crippen molar-refractivity contribution in [2.75, 3.05) is 31.6 Å². The molecule has 1 saturated heterocycles. The van der Waals surface area contributed by atoms with Crippen molar-refractivity contribution in [2.45, 2.75) is 31.7 Å². The fourth-order valence-corrected chi connectivity index (χ4v) is 4.25. The lowest BCUT2D eigenvalue weighted by Crippen LogP contribution is -2.51. The predicted molar refractivity (Wildman–Crippen MR) is 114 cm³/mol. The summed E-state index contributed by atoms with van der Waals surface area (Å²) in [5, 5.41) is 18.5. The van der Waals surface area contributed by atoms with E-state index < -0.39 is 0 Å². The molecule has 2 aromatic rings. The van der Waals surface area contributed by atoms with Crippen LogP contribution in [0.15, 0.2) is 46.8 Å². The molecule has 3 rings (SSSR count). The van der Waals surface area contributed by atoms with Gasteiger partial charge < -0.3 is 15.5 Å². The van der Waals surface area contributed by atoms with Gasteiger partial charge in [0, 0.05) is 43.5 Å². The molecule has 1 fully saturated rings. The number of nitrogens with one attached hydrogen (secondary N) is 2. The molecule has 0 aliphatic carbocycles. The number of para-hydroxylation sites is 1. The van der Waals surface area contributed by atoms with Gasteiger partial charge in [-0.25, -0.2) is 0 Å². The van der Waals surface area contributed by atoms with E-state index in [1.165, 1.54) is 4.88 Å². The highest BCUT2D eigenvalue weighted by atomic mass is 32.1. The summed E-state index contributed by atoms with van der Waals surface area (Å²) in [6.07, 6.45) is 2.20. The maximum Gasteiger partial charge on any atom is 0.191 e. The molecule has 0 spiro atoms. The largest absolute Gasteiger partial charge is 0.368 e. The smallest absolute Gasteiger partial charge is 0.191 e. The predicted octanol–water partition coefficient (Wildman–Crippen LogP) is 3.56. The van der Waals surface area contributed by atoms with E-state index in [1.54, 1.807) is 11.3 Å². The molecule has 27 heavy (non-hydrogen) atoms. The molecule has 0 bridgehead atoms. The van der Waals surface area contributed by atoms with Crippen LogP contribution in [0.2, 0.25) is 0 Å². The van der Waals surface area contributed by atoms with Crippen LogP contribution in [-0.4, -0.2) is 38.7 Å². The highest BCUT2D eigenvalue weighted by molar-refractivity contribution is 7.10. The summed E-state index contributed by atoms with van der Waals surface area (Å²) in [4.78, 5) is 8.08. The zero-order chi connectivity index (χ0) is 19.1. The molecule has 1 aromatic heterocycles. The third kappa shape index (κ3) is 5.01. The van der Waals surface area contributed by atoms with E-state index >= 15 is 0 Å². The van der Waals surface area contributed by atoms with Crippen LogP contribution in [0.3, 0.4) is 0 Å². The zero-order valence-corrected chi connectivity index (χ0v) is 16.8. The number of thiophene rings is 1. The van der Waals surface area contributed by atoms with Crippen LogP contribution < -0.4 is 15.5 Å². The summed E-state index contributed by atoms with van der Waals surface area (Å²) in [5.41, 5.74) is 1.77. The first kappa shape index (κ1) is 19.2. The van der Waals surface area contributed by atoms with Gasteiger partial charge in [-0.05, 0) is 36.4 Å². The van der Waals surface area contributed by atoms with Gasteiger partial charge in [-0.15, -0.1) is 11.3 Å². The first-order chi connectivity index (χ1) is 13.2. The van der Waals surface area contributed by atoms with Crippen molar-refractivity contribution < 1.29 is 0 Å². The minimum Gasteiger partial charge on any atom is -0.368 e. The van der Waals surface area contributed by atoms with Crippen molar-refractivity contribution in [1.29, 1.82) is 5.26 Å². The Morgan fingerprint density at radius 2 is 2.22 bits per heavy atom. The van der Waals surface area contributed by atoms with Crippen LogP contribution in [0.25, 0.3) is 0 Å². The molecule has 2 unspecified atom stereocenters. The molecule has 0 radical (unpaired) electrons. The maximum atomic E-state index is 9.38. The molecule has 1 aliphatic heterocycles.